The molecule has 0 bridgehead atoms. The second-order valence-corrected chi connectivity index (χ2v) is 4.31. The Balaban J connectivity index is 3.02. The second-order valence-electron chi connectivity index (χ2n) is 4.31. The number of nitrogens with zero attached hydrogens (tertiary/aromatic N) is 1. The summed E-state index contributed by atoms with van der Waals surface area (Å²) in [7, 11) is 0. The summed E-state index contributed by atoms with van der Waals surface area (Å²) in [5.41, 5.74) is 0.314. The molecule has 0 unspecified atom stereocenters. The van der Waals surface area contributed by atoms with Crippen molar-refractivity contribution in [2.75, 3.05) is 19.8 Å². The third-order valence-corrected chi connectivity index (χ3v) is 2.71. The molecule has 0 radical (unpaired) electrons. The normalized spacial score (nSPS) is 10.8. The van der Waals surface area contributed by atoms with Gasteiger partial charge in [0, 0.05) is 11.8 Å². The average molecular weight is 323 g/mol. The van der Waals surface area contributed by atoms with Crippen LogP contribution in [-0.4, -0.2) is 49.1 Å². The average Bonchev–Trinajstić information content (AvgIpc) is 2.51. The number of phenolic OH excluding ortho intramolecular Hbond substituents is 1. The quantitative estimate of drug-likeness (QED) is 0.444. The predicted octanol–water partition coefficient (Wildman–Crippen LogP) is 1.70. The molecular formula is C16H21NO6. The van der Waals surface area contributed by atoms with Crippen molar-refractivity contribution >= 4 is 18.2 Å². The van der Waals surface area contributed by atoms with Crippen LogP contribution in [0.4, 0.5) is 0 Å². The molecule has 1 aromatic rings. The van der Waals surface area contributed by atoms with E-state index in [0.717, 1.165) is 0 Å². The number of para-hydroxylation sites is 1. The molecule has 0 heterocycles. The van der Waals surface area contributed by atoms with Gasteiger partial charge in [0.1, 0.15) is 0 Å². The summed E-state index contributed by atoms with van der Waals surface area (Å²) in [6, 6.07) is 3.42. The Bertz CT molecular complexity index is 552. The van der Waals surface area contributed by atoms with Gasteiger partial charge in [0.05, 0.1) is 19.8 Å². The van der Waals surface area contributed by atoms with E-state index in [2.05, 4.69) is 4.99 Å². The highest BCUT2D eigenvalue weighted by Crippen LogP contribution is 2.28. The van der Waals surface area contributed by atoms with E-state index in [-0.39, 0.29) is 19.0 Å². The van der Waals surface area contributed by atoms with Crippen LogP contribution < -0.4 is 4.74 Å². The Kier molecular flexibility index (Phi) is 7.59. The van der Waals surface area contributed by atoms with Crippen molar-refractivity contribution in [3.8, 4) is 11.5 Å². The number of carbonyl (C=O) groups excluding carboxylic acids is 2. The molecule has 0 aromatic heterocycles. The molecule has 23 heavy (non-hydrogen) atoms. The van der Waals surface area contributed by atoms with Gasteiger partial charge in [0.15, 0.2) is 11.5 Å². The second kappa shape index (κ2) is 9.45. The number of ether oxygens (including phenoxy) is 3. The fourth-order valence-corrected chi connectivity index (χ4v) is 1.73. The van der Waals surface area contributed by atoms with Crippen LogP contribution in [0.3, 0.4) is 0 Å². The minimum atomic E-state index is -1.43. The van der Waals surface area contributed by atoms with Crippen molar-refractivity contribution in [3.05, 3.63) is 23.8 Å². The van der Waals surface area contributed by atoms with Crippen LogP contribution in [0.15, 0.2) is 23.2 Å². The molecule has 0 fully saturated rings. The Morgan fingerprint density at radius 1 is 1.13 bits per heavy atom. The summed E-state index contributed by atoms with van der Waals surface area (Å²) >= 11 is 0. The van der Waals surface area contributed by atoms with Gasteiger partial charge in [0.2, 0.25) is 6.04 Å². The topological polar surface area (TPSA) is 94.4 Å². The predicted molar refractivity (Wildman–Crippen MR) is 83.9 cm³/mol. The van der Waals surface area contributed by atoms with Crippen molar-refractivity contribution in [3.63, 3.8) is 0 Å². The number of hydrogen-bond acceptors (Lipinski definition) is 7. The number of rotatable bonds is 8. The lowest BCUT2D eigenvalue weighted by Gasteiger charge is -2.11. The zero-order chi connectivity index (χ0) is 17.2. The molecule has 0 atom stereocenters. The lowest BCUT2D eigenvalue weighted by Crippen LogP contribution is -2.32. The largest absolute Gasteiger partial charge is 0.504 e. The molecule has 0 aliphatic carbocycles. The summed E-state index contributed by atoms with van der Waals surface area (Å²) in [5.74, 6) is -1.44. The standard InChI is InChI=1S/C16H21NO6/c1-4-21-12-9-7-8-11(14(12)18)10-17-13(15(19)22-5-2)16(20)23-6-3/h7-10,13,18H,4-6H2,1-3H3. The van der Waals surface area contributed by atoms with E-state index in [1.807, 2.05) is 0 Å². The molecule has 1 rings (SSSR count). The van der Waals surface area contributed by atoms with Crippen LogP contribution in [0.5, 0.6) is 11.5 Å². The van der Waals surface area contributed by atoms with Gasteiger partial charge in [-0.25, -0.2) is 9.59 Å². The SMILES string of the molecule is CCOC(=O)C(N=Cc1cccc(OCC)c1O)C(=O)OCC. The minimum absolute atomic E-state index is 0.120. The van der Waals surface area contributed by atoms with E-state index >= 15 is 0 Å². The van der Waals surface area contributed by atoms with Crippen LogP contribution in [-0.2, 0) is 19.1 Å². The summed E-state index contributed by atoms with van der Waals surface area (Å²) in [6.07, 6.45) is 1.22. The lowest BCUT2D eigenvalue weighted by atomic mass is 10.2. The smallest absolute Gasteiger partial charge is 0.342 e. The van der Waals surface area contributed by atoms with Crippen molar-refractivity contribution in [2.45, 2.75) is 26.8 Å². The maximum atomic E-state index is 11.8. The van der Waals surface area contributed by atoms with E-state index in [9.17, 15) is 14.7 Å². The van der Waals surface area contributed by atoms with Crippen LogP contribution in [0.1, 0.15) is 26.3 Å². The molecule has 7 heteroatoms. The van der Waals surface area contributed by atoms with Crippen molar-refractivity contribution < 1.29 is 28.9 Å². The maximum Gasteiger partial charge on any atom is 0.342 e. The summed E-state index contributed by atoms with van der Waals surface area (Å²) in [4.78, 5) is 27.5. The molecule has 0 saturated heterocycles. The molecule has 1 N–H and O–H groups in total. The number of benzene rings is 1. The molecule has 0 spiro atoms. The van der Waals surface area contributed by atoms with Gasteiger partial charge in [-0.05, 0) is 32.9 Å². The molecule has 0 saturated carbocycles. The minimum Gasteiger partial charge on any atom is -0.504 e. The molecule has 0 aliphatic rings. The number of esters is 2. The van der Waals surface area contributed by atoms with E-state index < -0.39 is 18.0 Å². The van der Waals surface area contributed by atoms with Gasteiger partial charge < -0.3 is 19.3 Å². The first-order chi connectivity index (χ1) is 11.0. The van der Waals surface area contributed by atoms with Gasteiger partial charge in [-0.3, -0.25) is 4.99 Å². The first kappa shape index (κ1) is 18.5. The van der Waals surface area contributed by atoms with E-state index in [4.69, 9.17) is 14.2 Å². The number of phenols is 1. The highest BCUT2D eigenvalue weighted by Gasteiger charge is 2.28. The van der Waals surface area contributed by atoms with Crippen molar-refractivity contribution in [1.82, 2.24) is 0 Å². The van der Waals surface area contributed by atoms with E-state index in [1.165, 1.54) is 6.21 Å². The van der Waals surface area contributed by atoms with Crippen LogP contribution in [0, 0.1) is 0 Å². The highest BCUT2D eigenvalue weighted by atomic mass is 16.6. The number of hydrogen-bond donors (Lipinski definition) is 1. The Labute approximate surface area is 134 Å². The van der Waals surface area contributed by atoms with E-state index in [1.54, 1.807) is 39.0 Å². The Morgan fingerprint density at radius 2 is 1.74 bits per heavy atom. The summed E-state index contributed by atoms with van der Waals surface area (Å²) in [6.45, 7) is 5.67. The third kappa shape index (κ3) is 5.28. The molecule has 1 aromatic carbocycles. The van der Waals surface area contributed by atoms with Crippen LogP contribution >= 0.6 is 0 Å². The summed E-state index contributed by atoms with van der Waals surface area (Å²) in [5, 5.41) is 10.1. The molecule has 7 nitrogen and oxygen atoms in total. The summed E-state index contributed by atoms with van der Waals surface area (Å²) < 4.78 is 14.9. The Morgan fingerprint density at radius 3 is 2.26 bits per heavy atom. The number of aromatic hydroxyl groups is 1. The van der Waals surface area contributed by atoms with Gasteiger partial charge in [0.25, 0.3) is 0 Å². The van der Waals surface area contributed by atoms with Crippen LogP contribution in [0.2, 0.25) is 0 Å². The molecular weight excluding hydrogens is 302 g/mol. The highest BCUT2D eigenvalue weighted by molar-refractivity contribution is 6.01. The molecule has 0 amide bonds. The van der Waals surface area contributed by atoms with Gasteiger partial charge in [-0.15, -0.1) is 0 Å². The monoisotopic (exact) mass is 323 g/mol. The third-order valence-electron chi connectivity index (χ3n) is 2.71. The van der Waals surface area contributed by atoms with Gasteiger partial charge >= 0.3 is 11.9 Å². The number of carbonyl (C=O) groups is 2. The first-order valence-electron chi connectivity index (χ1n) is 7.36. The van der Waals surface area contributed by atoms with Crippen molar-refractivity contribution in [1.29, 1.82) is 0 Å². The van der Waals surface area contributed by atoms with Gasteiger partial charge in [-0.1, -0.05) is 6.07 Å². The maximum absolute atomic E-state index is 11.8. The number of aliphatic imine (C=N–C) groups is 1. The zero-order valence-electron chi connectivity index (χ0n) is 13.4. The lowest BCUT2D eigenvalue weighted by molar-refractivity contribution is -0.156. The molecule has 0 aliphatic heterocycles. The molecule has 126 valence electrons. The fraction of sp³-hybridized carbons (Fsp3) is 0.438. The van der Waals surface area contributed by atoms with Crippen molar-refractivity contribution in [2.24, 2.45) is 4.99 Å². The van der Waals surface area contributed by atoms with Gasteiger partial charge in [-0.2, -0.15) is 0 Å². The van der Waals surface area contributed by atoms with Crippen LogP contribution in [0.25, 0.3) is 0 Å². The fourth-order valence-electron chi connectivity index (χ4n) is 1.73. The van der Waals surface area contributed by atoms with E-state index in [0.29, 0.717) is 17.9 Å². The Hall–Kier alpha value is -2.57. The zero-order valence-corrected chi connectivity index (χ0v) is 13.4. The first-order valence-corrected chi connectivity index (χ1v) is 7.36.